The van der Waals surface area contributed by atoms with Crippen molar-refractivity contribution in [2.75, 3.05) is 45.9 Å². The average Bonchev–Trinajstić information content (AvgIpc) is 3.38. The summed E-state index contributed by atoms with van der Waals surface area (Å²) in [5, 5.41) is 11.6. The van der Waals surface area contributed by atoms with Crippen LogP contribution in [-0.2, 0) is 4.74 Å². The first-order valence-corrected chi connectivity index (χ1v) is 10.7. The number of pyridine rings is 1. The molecule has 2 aliphatic heterocycles. The summed E-state index contributed by atoms with van der Waals surface area (Å²) < 4.78 is 7.27. The number of hydrogen-bond donors (Lipinski definition) is 1. The van der Waals surface area contributed by atoms with Crippen molar-refractivity contribution in [2.24, 2.45) is 0 Å². The molecule has 1 unspecified atom stereocenters. The molecule has 2 amide bonds. The minimum Gasteiger partial charge on any atom is -0.379 e. The van der Waals surface area contributed by atoms with Crippen LogP contribution < -0.4 is 5.32 Å². The fourth-order valence-electron chi connectivity index (χ4n) is 4.07. The zero-order valence-corrected chi connectivity index (χ0v) is 17.7. The van der Waals surface area contributed by atoms with Gasteiger partial charge < -0.3 is 15.0 Å². The number of rotatable bonds is 6. The number of nitrogens with one attached hydrogen (secondary N) is 1. The molecule has 30 heavy (non-hydrogen) atoms. The number of nitrogens with zero attached hydrogens (tertiary/aromatic N) is 5. The molecule has 0 aliphatic carbocycles. The summed E-state index contributed by atoms with van der Waals surface area (Å²) in [6, 6.07) is 3.74. The number of aromatic nitrogens is 3. The van der Waals surface area contributed by atoms with E-state index < -0.39 is 0 Å². The highest BCUT2D eigenvalue weighted by atomic mass is 16.5. The molecule has 0 bridgehead atoms. The average molecular weight is 415 g/mol. The van der Waals surface area contributed by atoms with Crippen LogP contribution in [-0.4, -0.2) is 88.2 Å². The maximum Gasteiger partial charge on any atom is 0.317 e. The van der Waals surface area contributed by atoms with Crippen LogP contribution in [0.15, 0.2) is 18.3 Å². The Bertz CT molecular complexity index is 905. The molecule has 2 aliphatic rings. The fraction of sp³-hybridized carbons (Fsp3) is 0.619. The van der Waals surface area contributed by atoms with Crippen molar-refractivity contribution < 1.29 is 14.3 Å². The summed E-state index contributed by atoms with van der Waals surface area (Å²) in [5.74, 6) is 1.04. The Hall–Kier alpha value is -2.52. The summed E-state index contributed by atoms with van der Waals surface area (Å²) in [4.78, 5) is 29.1. The van der Waals surface area contributed by atoms with Gasteiger partial charge in [0.15, 0.2) is 11.4 Å². The molecule has 9 nitrogen and oxygen atoms in total. The van der Waals surface area contributed by atoms with E-state index >= 15 is 0 Å². The van der Waals surface area contributed by atoms with Crippen LogP contribution in [0.1, 0.15) is 48.8 Å². The summed E-state index contributed by atoms with van der Waals surface area (Å²) in [7, 11) is 0. The van der Waals surface area contributed by atoms with E-state index in [-0.39, 0.29) is 23.8 Å². The predicted molar refractivity (Wildman–Crippen MR) is 112 cm³/mol. The number of ketones is 1. The second-order valence-corrected chi connectivity index (χ2v) is 8.37. The first kappa shape index (κ1) is 20.7. The molecule has 2 aromatic rings. The minimum atomic E-state index is -0.0414. The highest BCUT2D eigenvalue weighted by Crippen LogP contribution is 2.26. The lowest BCUT2D eigenvalue weighted by Gasteiger charge is -2.26. The van der Waals surface area contributed by atoms with Crippen molar-refractivity contribution in [3.05, 3.63) is 29.7 Å². The van der Waals surface area contributed by atoms with Crippen LogP contribution in [0.3, 0.4) is 0 Å². The number of morpholine rings is 1. The summed E-state index contributed by atoms with van der Waals surface area (Å²) in [6.45, 7) is 9.18. The van der Waals surface area contributed by atoms with Crippen LogP contribution in [0.25, 0.3) is 5.65 Å². The molecular weight excluding hydrogens is 384 g/mol. The van der Waals surface area contributed by atoms with Gasteiger partial charge in [-0.05, 0) is 32.4 Å². The summed E-state index contributed by atoms with van der Waals surface area (Å²) >= 11 is 0. The van der Waals surface area contributed by atoms with Gasteiger partial charge in [-0.1, -0.05) is 0 Å². The van der Waals surface area contributed by atoms with Crippen molar-refractivity contribution in [3.63, 3.8) is 0 Å². The second-order valence-electron chi connectivity index (χ2n) is 8.37. The highest BCUT2D eigenvalue weighted by Gasteiger charge is 2.30. The van der Waals surface area contributed by atoms with E-state index in [0.29, 0.717) is 25.1 Å². The van der Waals surface area contributed by atoms with E-state index in [1.807, 2.05) is 41.5 Å². The molecule has 0 radical (unpaired) electrons. The number of Topliss-reactive ketones (excluding diaryl/α,β-unsaturated/α-hetero) is 1. The van der Waals surface area contributed by atoms with Gasteiger partial charge in [-0.2, -0.15) is 0 Å². The van der Waals surface area contributed by atoms with Crippen LogP contribution >= 0.6 is 0 Å². The van der Waals surface area contributed by atoms with Gasteiger partial charge in [0.05, 0.1) is 13.2 Å². The number of amides is 2. The number of fused-ring (bicyclic) bond motifs is 1. The van der Waals surface area contributed by atoms with Crippen LogP contribution in [0.2, 0.25) is 0 Å². The lowest BCUT2D eigenvalue weighted by atomic mass is 10.1. The Morgan fingerprint density at radius 3 is 2.77 bits per heavy atom. The summed E-state index contributed by atoms with van der Waals surface area (Å²) in [6.07, 6.45) is 3.17. The van der Waals surface area contributed by atoms with E-state index in [4.69, 9.17) is 4.74 Å². The third-order valence-corrected chi connectivity index (χ3v) is 5.76. The maximum atomic E-state index is 12.8. The van der Waals surface area contributed by atoms with Crippen molar-refractivity contribution in [1.29, 1.82) is 0 Å². The topological polar surface area (TPSA) is 92.1 Å². The molecular formula is C21H30N6O3. The van der Waals surface area contributed by atoms with Crippen molar-refractivity contribution in [1.82, 2.24) is 29.7 Å². The number of carbonyl (C=O) groups is 2. The molecule has 0 spiro atoms. The normalized spacial score (nSPS) is 20.2. The highest BCUT2D eigenvalue weighted by molar-refractivity contribution is 5.96. The zero-order chi connectivity index (χ0) is 21.1. The first-order chi connectivity index (χ1) is 14.5. The predicted octanol–water partition coefficient (Wildman–Crippen LogP) is 1.54. The number of urea groups is 1. The largest absolute Gasteiger partial charge is 0.379 e. The molecule has 162 valence electrons. The molecule has 2 fully saturated rings. The van der Waals surface area contributed by atoms with Crippen molar-refractivity contribution in [3.8, 4) is 0 Å². The molecule has 1 atom stereocenters. The Kier molecular flexibility index (Phi) is 6.29. The van der Waals surface area contributed by atoms with Gasteiger partial charge in [0, 0.05) is 62.9 Å². The van der Waals surface area contributed by atoms with Crippen LogP contribution in [0, 0.1) is 0 Å². The van der Waals surface area contributed by atoms with Gasteiger partial charge in [-0.3, -0.25) is 14.1 Å². The standard InChI is InChI=1S/C21H30N6O3/c1-15(2)22-21(29)26-8-5-17(13-26)20-24-23-19-4-3-16(14-27(19)20)18(28)6-7-25-9-11-30-12-10-25/h3-4,14-15,17H,5-13H2,1-2H3,(H,22,29). The molecule has 1 N–H and O–H groups in total. The number of ether oxygens (including phenoxy) is 1. The Morgan fingerprint density at radius 1 is 1.20 bits per heavy atom. The zero-order valence-electron chi connectivity index (χ0n) is 17.7. The molecule has 0 aromatic carbocycles. The SMILES string of the molecule is CC(C)NC(=O)N1CCC(c2nnc3ccc(C(=O)CCN4CCOCC4)cn23)C1. The van der Waals surface area contributed by atoms with Crippen molar-refractivity contribution in [2.45, 2.75) is 38.6 Å². The maximum absolute atomic E-state index is 12.8. The molecule has 4 rings (SSSR count). The number of carbonyl (C=O) groups excluding carboxylic acids is 2. The van der Waals surface area contributed by atoms with Crippen LogP contribution in [0.4, 0.5) is 4.79 Å². The quantitative estimate of drug-likeness (QED) is 0.721. The second kappa shape index (κ2) is 9.09. The smallest absolute Gasteiger partial charge is 0.317 e. The van der Waals surface area contributed by atoms with Gasteiger partial charge in [-0.15, -0.1) is 10.2 Å². The third-order valence-electron chi connectivity index (χ3n) is 5.76. The Balaban J connectivity index is 1.44. The number of likely N-dealkylation sites (tertiary alicyclic amines) is 1. The van der Waals surface area contributed by atoms with Crippen molar-refractivity contribution >= 4 is 17.5 Å². The molecule has 4 heterocycles. The van der Waals surface area contributed by atoms with E-state index in [1.54, 1.807) is 0 Å². The van der Waals surface area contributed by atoms with E-state index in [9.17, 15) is 9.59 Å². The molecule has 2 aromatic heterocycles. The Labute approximate surface area is 176 Å². The van der Waals surface area contributed by atoms with Gasteiger partial charge in [-0.25, -0.2) is 4.79 Å². The molecule has 2 saturated heterocycles. The van der Waals surface area contributed by atoms with E-state index in [2.05, 4.69) is 20.4 Å². The molecule has 9 heteroatoms. The summed E-state index contributed by atoms with van der Waals surface area (Å²) in [5.41, 5.74) is 1.39. The van der Waals surface area contributed by atoms with Gasteiger partial charge in [0.2, 0.25) is 0 Å². The van der Waals surface area contributed by atoms with Gasteiger partial charge in [0.25, 0.3) is 0 Å². The lowest BCUT2D eigenvalue weighted by Crippen LogP contribution is -2.41. The fourth-order valence-corrected chi connectivity index (χ4v) is 4.07. The lowest BCUT2D eigenvalue weighted by molar-refractivity contribution is 0.0370. The van der Waals surface area contributed by atoms with Gasteiger partial charge >= 0.3 is 6.03 Å². The van der Waals surface area contributed by atoms with Crippen LogP contribution in [0.5, 0.6) is 0 Å². The first-order valence-electron chi connectivity index (χ1n) is 10.7. The molecule has 0 saturated carbocycles. The number of hydrogen-bond acceptors (Lipinski definition) is 6. The third kappa shape index (κ3) is 4.62. The Morgan fingerprint density at radius 2 is 2.00 bits per heavy atom. The minimum absolute atomic E-state index is 0.0414. The monoisotopic (exact) mass is 414 g/mol. The van der Waals surface area contributed by atoms with E-state index in [1.165, 1.54) is 0 Å². The van der Waals surface area contributed by atoms with Gasteiger partial charge in [0.1, 0.15) is 5.82 Å². The van der Waals surface area contributed by atoms with E-state index in [0.717, 1.165) is 50.7 Å².